The number of nitrogens with two attached hydrogens (primary N) is 1. The second kappa shape index (κ2) is 8.24. The second-order valence-corrected chi connectivity index (χ2v) is 6.72. The fraction of sp³-hybridized carbons (Fsp3) is 0.938. The van der Waals surface area contributed by atoms with Crippen molar-refractivity contribution >= 4 is 5.91 Å². The molecule has 22 heavy (non-hydrogen) atoms. The lowest BCUT2D eigenvalue weighted by Gasteiger charge is -2.40. The summed E-state index contributed by atoms with van der Waals surface area (Å²) in [7, 11) is 0. The highest BCUT2D eigenvalue weighted by Gasteiger charge is 2.28. The molecule has 0 bridgehead atoms. The number of hydrogen-bond donors (Lipinski definition) is 1. The summed E-state index contributed by atoms with van der Waals surface area (Å²) in [6, 6.07) is 0.240. The first-order chi connectivity index (χ1) is 10.5. The maximum Gasteiger partial charge on any atom is 0.239 e. The highest BCUT2D eigenvalue weighted by molar-refractivity contribution is 5.81. The van der Waals surface area contributed by atoms with Gasteiger partial charge in [0.05, 0.1) is 18.8 Å². The summed E-state index contributed by atoms with van der Waals surface area (Å²) in [4.78, 5) is 18.9. The third-order valence-corrected chi connectivity index (χ3v) is 4.80. The Kier molecular flexibility index (Phi) is 6.62. The smallest absolute Gasteiger partial charge is 0.239 e. The minimum absolute atomic E-state index is 0.0991. The summed E-state index contributed by atoms with van der Waals surface area (Å²) in [6.07, 6.45) is 0.997. The van der Waals surface area contributed by atoms with E-state index in [1.807, 2.05) is 11.8 Å². The normalized spacial score (nSPS) is 26.4. The van der Waals surface area contributed by atoms with Gasteiger partial charge in [0.15, 0.2) is 0 Å². The van der Waals surface area contributed by atoms with E-state index >= 15 is 0 Å². The standard InChI is InChI=1S/C16H32N4O2/c1-4-15(17)16(21)19-7-5-18(6-8-19)11-14-12-20(13(2)3)9-10-22-14/h13-15H,4-12,17H2,1-3H3/t14?,15-/m0/s1. The maximum atomic E-state index is 12.1. The van der Waals surface area contributed by atoms with Crippen LogP contribution in [0.3, 0.4) is 0 Å². The fourth-order valence-electron chi connectivity index (χ4n) is 3.17. The van der Waals surface area contributed by atoms with Gasteiger partial charge in [0.2, 0.25) is 5.91 Å². The number of amides is 1. The number of hydrogen-bond acceptors (Lipinski definition) is 5. The second-order valence-electron chi connectivity index (χ2n) is 6.72. The SMILES string of the molecule is CC[C@H](N)C(=O)N1CCN(CC2CN(C(C)C)CCO2)CC1. The number of ether oxygens (including phenoxy) is 1. The third kappa shape index (κ3) is 4.65. The Balaban J connectivity index is 1.74. The lowest BCUT2D eigenvalue weighted by Crippen LogP contribution is -2.56. The van der Waals surface area contributed by atoms with Gasteiger partial charge in [-0.15, -0.1) is 0 Å². The van der Waals surface area contributed by atoms with E-state index in [0.717, 1.165) is 52.4 Å². The quantitative estimate of drug-likeness (QED) is 0.773. The molecule has 0 aromatic rings. The first-order valence-electron chi connectivity index (χ1n) is 8.63. The largest absolute Gasteiger partial charge is 0.374 e. The molecule has 0 aromatic heterocycles. The molecule has 0 aliphatic carbocycles. The summed E-state index contributed by atoms with van der Waals surface area (Å²) >= 11 is 0. The van der Waals surface area contributed by atoms with Crippen molar-refractivity contribution in [1.82, 2.24) is 14.7 Å². The van der Waals surface area contributed by atoms with Crippen LogP contribution in [0.15, 0.2) is 0 Å². The van der Waals surface area contributed by atoms with Crippen molar-refractivity contribution in [3.63, 3.8) is 0 Å². The number of piperazine rings is 1. The number of carbonyl (C=O) groups excluding carboxylic acids is 1. The summed E-state index contributed by atoms with van der Waals surface area (Å²) in [5.41, 5.74) is 5.84. The molecule has 2 rings (SSSR count). The van der Waals surface area contributed by atoms with Crippen molar-refractivity contribution in [2.75, 3.05) is 52.4 Å². The average Bonchev–Trinajstić information content (AvgIpc) is 2.54. The van der Waals surface area contributed by atoms with E-state index in [1.165, 1.54) is 0 Å². The minimum atomic E-state index is -0.340. The van der Waals surface area contributed by atoms with Crippen LogP contribution < -0.4 is 5.73 Å². The molecule has 2 aliphatic heterocycles. The molecule has 1 unspecified atom stereocenters. The summed E-state index contributed by atoms with van der Waals surface area (Å²) in [5.74, 6) is 0.0991. The Morgan fingerprint density at radius 1 is 1.23 bits per heavy atom. The van der Waals surface area contributed by atoms with E-state index in [9.17, 15) is 4.79 Å². The van der Waals surface area contributed by atoms with Crippen molar-refractivity contribution < 1.29 is 9.53 Å². The van der Waals surface area contributed by atoms with Gasteiger partial charge in [-0.2, -0.15) is 0 Å². The van der Waals surface area contributed by atoms with Crippen LogP contribution in [0.25, 0.3) is 0 Å². The average molecular weight is 312 g/mol. The van der Waals surface area contributed by atoms with Crippen LogP contribution in [-0.4, -0.2) is 91.2 Å². The topological polar surface area (TPSA) is 62.0 Å². The molecule has 2 fully saturated rings. The van der Waals surface area contributed by atoms with E-state index in [-0.39, 0.29) is 18.1 Å². The van der Waals surface area contributed by atoms with Gasteiger partial charge in [-0.1, -0.05) is 6.92 Å². The molecule has 0 aromatic carbocycles. The molecular formula is C16H32N4O2. The number of nitrogens with zero attached hydrogens (tertiary/aromatic N) is 3. The molecule has 6 nitrogen and oxygen atoms in total. The first-order valence-corrected chi connectivity index (χ1v) is 8.63. The predicted octanol–water partition coefficient (Wildman–Crippen LogP) is -0.0229. The molecule has 2 N–H and O–H groups in total. The Morgan fingerprint density at radius 2 is 1.91 bits per heavy atom. The number of carbonyl (C=O) groups is 1. The van der Waals surface area contributed by atoms with E-state index in [2.05, 4.69) is 23.6 Å². The molecule has 0 spiro atoms. The number of morpholine rings is 1. The Hall–Kier alpha value is -0.690. The van der Waals surface area contributed by atoms with Crippen molar-refractivity contribution in [3.05, 3.63) is 0 Å². The van der Waals surface area contributed by atoms with E-state index in [4.69, 9.17) is 10.5 Å². The Labute approximate surface area is 134 Å². The van der Waals surface area contributed by atoms with Gasteiger partial charge < -0.3 is 15.4 Å². The Morgan fingerprint density at radius 3 is 2.50 bits per heavy atom. The molecule has 2 atom stereocenters. The van der Waals surface area contributed by atoms with Crippen LogP contribution in [0.5, 0.6) is 0 Å². The zero-order chi connectivity index (χ0) is 16.1. The monoisotopic (exact) mass is 312 g/mol. The van der Waals surface area contributed by atoms with Gasteiger partial charge in [0.1, 0.15) is 0 Å². The van der Waals surface area contributed by atoms with Crippen LogP contribution in [0.2, 0.25) is 0 Å². The van der Waals surface area contributed by atoms with Crippen LogP contribution in [-0.2, 0) is 9.53 Å². The number of rotatable bonds is 5. The molecule has 2 saturated heterocycles. The van der Waals surface area contributed by atoms with Gasteiger partial charge >= 0.3 is 0 Å². The van der Waals surface area contributed by atoms with Crippen molar-refractivity contribution in [1.29, 1.82) is 0 Å². The van der Waals surface area contributed by atoms with Crippen LogP contribution in [0.1, 0.15) is 27.2 Å². The van der Waals surface area contributed by atoms with Gasteiger partial charge in [-0.05, 0) is 20.3 Å². The lowest BCUT2D eigenvalue weighted by molar-refractivity contribution is -0.134. The van der Waals surface area contributed by atoms with E-state index in [0.29, 0.717) is 12.5 Å². The minimum Gasteiger partial charge on any atom is -0.374 e. The van der Waals surface area contributed by atoms with Crippen molar-refractivity contribution in [2.24, 2.45) is 5.73 Å². The van der Waals surface area contributed by atoms with Gasteiger partial charge in [0, 0.05) is 51.9 Å². The predicted molar refractivity (Wildman–Crippen MR) is 87.7 cm³/mol. The highest BCUT2D eigenvalue weighted by atomic mass is 16.5. The molecule has 2 heterocycles. The van der Waals surface area contributed by atoms with Gasteiger partial charge in [-0.25, -0.2) is 0 Å². The lowest BCUT2D eigenvalue weighted by atomic mass is 10.1. The van der Waals surface area contributed by atoms with Crippen LogP contribution in [0, 0.1) is 0 Å². The Bertz CT molecular complexity index is 356. The molecule has 1 amide bonds. The zero-order valence-corrected chi connectivity index (χ0v) is 14.3. The summed E-state index contributed by atoms with van der Waals surface area (Å²) in [6.45, 7) is 13.7. The third-order valence-electron chi connectivity index (χ3n) is 4.80. The zero-order valence-electron chi connectivity index (χ0n) is 14.3. The van der Waals surface area contributed by atoms with E-state index < -0.39 is 0 Å². The van der Waals surface area contributed by atoms with Crippen molar-refractivity contribution in [2.45, 2.75) is 45.4 Å². The first kappa shape index (κ1) is 17.7. The maximum absolute atomic E-state index is 12.1. The van der Waals surface area contributed by atoms with Gasteiger partial charge in [0.25, 0.3) is 0 Å². The molecule has 2 aliphatic rings. The summed E-state index contributed by atoms with van der Waals surface area (Å²) in [5, 5.41) is 0. The molecule has 128 valence electrons. The van der Waals surface area contributed by atoms with Gasteiger partial charge in [-0.3, -0.25) is 14.6 Å². The highest BCUT2D eigenvalue weighted by Crippen LogP contribution is 2.12. The van der Waals surface area contributed by atoms with Crippen LogP contribution in [0.4, 0.5) is 0 Å². The van der Waals surface area contributed by atoms with E-state index in [1.54, 1.807) is 0 Å². The fourth-order valence-corrected chi connectivity index (χ4v) is 3.17. The molecule has 0 saturated carbocycles. The van der Waals surface area contributed by atoms with Crippen molar-refractivity contribution in [3.8, 4) is 0 Å². The molecule has 6 heteroatoms. The molecular weight excluding hydrogens is 280 g/mol. The van der Waals surface area contributed by atoms with Crippen LogP contribution >= 0.6 is 0 Å². The summed E-state index contributed by atoms with van der Waals surface area (Å²) < 4.78 is 5.91. The molecule has 0 radical (unpaired) electrons.